The standard InChI is InChI=1S/C18H14F3N3O/c1-24(2)9-3-4-10-14(7-9)25-18(23)12(8-22)15(10)11-5-6-13(19)17(21)16(11)20/h3-7,15H,23H2,1-2H3. The summed E-state index contributed by atoms with van der Waals surface area (Å²) in [4.78, 5) is 1.83. The Balaban J connectivity index is 2.25. The first kappa shape index (κ1) is 16.7. The molecule has 1 aliphatic rings. The van der Waals surface area contributed by atoms with Crippen LogP contribution in [-0.2, 0) is 0 Å². The highest BCUT2D eigenvalue weighted by atomic mass is 19.2. The number of ether oxygens (including phenoxy) is 1. The van der Waals surface area contributed by atoms with Crippen molar-refractivity contribution in [1.29, 1.82) is 5.26 Å². The second-order valence-corrected chi connectivity index (χ2v) is 5.81. The molecule has 1 heterocycles. The lowest BCUT2D eigenvalue weighted by atomic mass is 9.83. The maximum absolute atomic E-state index is 14.3. The van der Waals surface area contributed by atoms with Gasteiger partial charge in [0.05, 0.1) is 5.92 Å². The van der Waals surface area contributed by atoms with Gasteiger partial charge in [-0.25, -0.2) is 13.2 Å². The van der Waals surface area contributed by atoms with Crippen LogP contribution in [0.5, 0.6) is 5.75 Å². The molecule has 1 aliphatic heterocycles. The summed E-state index contributed by atoms with van der Waals surface area (Å²) in [6, 6.07) is 8.90. The van der Waals surface area contributed by atoms with Crippen molar-refractivity contribution in [3.05, 3.63) is 70.4 Å². The molecule has 0 amide bonds. The van der Waals surface area contributed by atoms with Crippen LogP contribution in [-0.4, -0.2) is 14.1 Å². The quantitative estimate of drug-likeness (QED) is 0.848. The number of nitrogens with two attached hydrogens (primary N) is 1. The first-order valence-electron chi connectivity index (χ1n) is 7.37. The minimum absolute atomic E-state index is 0.0602. The van der Waals surface area contributed by atoms with E-state index in [9.17, 15) is 18.4 Å². The number of hydrogen-bond donors (Lipinski definition) is 1. The van der Waals surface area contributed by atoms with Crippen LogP contribution in [0.25, 0.3) is 0 Å². The van der Waals surface area contributed by atoms with E-state index in [1.807, 2.05) is 25.1 Å². The Bertz CT molecular complexity index is 932. The van der Waals surface area contributed by atoms with E-state index >= 15 is 0 Å². The van der Waals surface area contributed by atoms with Crippen molar-refractivity contribution in [2.24, 2.45) is 5.73 Å². The zero-order chi connectivity index (χ0) is 18.3. The van der Waals surface area contributed by atoms with Crippen molar-refractivity contribution < 1.29 is 17.9 Å². The average molecular weight is 345 g/mol. The van der Waals surface area contributed by atoms with Gasteiger partial charge in [0.1, 0.15) is 17.4 Å². The van der Waals surface area contributed by atoms with Crippen molar-refractivity contribution >= 4 is 5.69 Å². The van der Waals surface area contributed by atoms with Crippen LogP contribution in [0.4, 0.5) is 18.9 Å². The molecule has 2 aromatic carbocycles. The van der Waals surface area contributed by atoms with E-state index < -0.39 is 23.4 Å². The van der Waals surface area contributed by atoms with Gasteiger partial charge < -0.3 is 15.4 Å². The van der Waals surface area contributed by atoms with Crippen LogP contribution in [0.3, 0.4) is 0 Å². The first-order valence-corrected chi connectivity index (χ1v) is 7.37. The van der Waals surface area contributed by atoms with Crippen LogP contribution in [0.2, 0.25) is 0 Å². The van der Waals surface area contributed by atoms with Crippen LogP contribution >= 0.6 is 0 Å². The van der Waals surface area contributed by atoms with Gasteiger partial charge in [-0.15, -0.1) is 0 Å². The van der Waals surface area contributed by atoms with Gasteiger partial charge in [0.2, 0.25) is 5.88 Å². The largest absolute Gasteiger partial charge is 0.440 e. The number of anilines is 1. The zero-order valence-corrected chi connectivity index (χ0v) is 13.5. The molecule has 0 spiro atoms. The van der Waals surface area contributed by atoms with Crippen molar-refractivity contribution in [3.63, 3.8) is 0 Å². The summed E-state index contributed by atoms with van der Waals surface area (Å²) in [5.74, 6) is -5.09. The topological polar surface area (TPSA) is 62.3 Å². The fourth-order valence-electron chi connectivity index (χ4n) is 2.81. The lowest BCUT2D eigenvalue weighted by Gasteiger charge is -2.28. The predicted molar refractivity (Wildman–Crippen MR) is 86.4 cm³/mol. The summed E-state index contributed by atoms with van der Waals surface area (Å²) in [6.07, 6.45) is 0. The molecule has 2 N–H and O–H groups in total. The third-order valence-corrected chi connectivity index (χ3v) is 4.10. The van der Waals surface area contributed by atoms with Gasteiger partial charge in [-0.05, 0) is 12.1 Å². The minimum atomic E-state index is -1.59. The molecule has 4 nitrogen and oxygen atoms in total. The van der Waals surface area contributed by atoms with Gasteiger partial charge in [0, 0.05) is 37.0 Å². The molecule has 0 saturated carbocycles. The molecule has 1 atom stereocenters. The third kappa shape index (κ3) is 2.66. The highest BCUT2D eigenvalue weighted by Gasteiger charge is 2.33. The van der Waals surface area contributed by atoms with E-state index in [2.05, 4.69) is 0 Å². The van der Waals surface area contributed by atoms with Crippen molar-refractivity contribution in [2.45, 2.75) is 5.92 Å². The van der Waals surface area contributed by atoms with Gasteiger partial charge in [-0.2, -0.15) is 5.26 Å². The van der Waals surface area contributed by atoms with Gasteiger partial charge in [0.15, 0.2) is 17.5 Å². The summed E-state index contributed by atoms with van der Waals surface area (Å²) in [7, 11) is 3.66. The van der Waals surface area contributed by atoms with E-state index in [-0.39, 0.29) is 17.0 Å². The summed E-state index contributed by atoms with van der Waals surface area (Å²) in [5.41, 5.74) is 6.81. The monoisotopic (exact) mass is 345 g/mol. The molecule has 7 heteroatoms. The molecule has 0 saturated heterocycles. The molecular weight excluding hydrogens is 331 g/mol. The Morgan fingerprint density at radius 3 is 2.40 bits per heavy atom. The molecule has 1 unspecified atom stereocenters. The maximum Gasteiger partial charge on any atom is 0.205 e. The number of fused-ring (bicyclic) bond motifs is 1. The molecule has 0 radical (unpaired) electrons. The fourth-order valence-corrected chi connectivity index (χ4v) is 2.81. The minimum Gasteiger partial charge on any atom is -0.440 e. The van der Waals surface area contributed by atoms with E-state index in [0.717, 1.165) is 17.8 Å². The Morgan fingerprint density at radius 1 is 1.08 bits per heavy atom. The number of rotatable bonds is 2. The molecule has 25 heavy (non-hydrogen) atoms. The molecular formula is C18H14F3N3O. The number of nitriles is 1. The molecule has 2 aromatic rings. The molecule has 0 aromatic heterocycles. The van der Waals surface area contributed by atoms with E-state index in [4.69, 9.17) is 10.5 Å². The Morgan fingerprint density at radius 2 is 1.76 bits per heavy atom. The predicted octanol–water partition coefficient (Wildman–Crippen LogP) is 3.39. The van der Waals surface area contributed by atoms with E-state index in [0.29, 0.717) is 11.3 Å². The Kier molecular flexibility index (Phi) is 4.05. The highest BCUT2D eigenvalue weighted by Crippen LogP contribution is 2.44. The summed E-state index contributed by atoms with van der Waals surface area (Å²) >= 11 is 0. The number of benzene rings is 2. The van der Waals surface area contributed by atoms with Crippen LogP contribution in [0, 0.1) is 28.8 Å². The number of allylic oxidation sites excluding steroid dienone is 1. The van der Waals surface area contributed by atoms with Gasteiger partial charge in [-0.3, -0.25) is 0 Å². The number of nitrogens with zero attached hydrogens (tertiary/aromatic N) is 2. The zero-order valence-electron chi connectivity index (χ0n) is 13.5. The molecule has 128 valence electrons. The van der Waals surface area contributed by atoms with Crippen molar-refractivity contribution in [1.82, 2.24) is 0 Å². The van der Waals surface area contributed by atoms with Gasteiger partial charge >= 0.3 is 0 Å². The van der Waals surface area contributed by atoms with Crippen molar-refractivity contribution in [3.8, 4) is 11.8 Å². The molecule has 0 aliphatic carbocycles. The number of hydrogen-bond acceptors (Lipinski definition) is 4. The van der Waals surface area contributed by atoms with Crippen LogP contribution < -0.4 is 15.4 Å². The average Bonchev–Trinajstić information content (AvgIpc) is 2.58. The third-order valence-electron chi connectivity index (χ3n) is 4.10. The smallest absolute Gasteiger partial charge is 0.205 e. The van der Waals surface area contributed by atoms with E-state index in [1.165, 1.54) is 0 Å². The highest BCUT2D eigenvalue weighted by molar-refractivity contribution is 5.61. The van der Waals surface area contributed by atoms with Gasteiger partial charge in [0.25, 0.3) is 0 Å². The van der Waals surface area contributed by atoms with Crippen molar-refractivity contribution in [2.75, 3.05) is 19.0 Å². The number of halogens is 3. The SMILES string of the molecule is CN(C)c1ccc2c(c1)OC(N)=C(C#N)C2c1ccc(F)c(F)c1F. The Labute approximate surface area is 142 Å². The summed E-state index contributed by atoms with van der Waals surface area (Å²) in [5, 5.41) is 9.41. The second-order valence-electron chi connectivity index (χ2n) is 5.81. The summed E-state index contributed by atoms with van der Waals surface area (Å²) < 4.78 is 46.8. The normalized spacial score (nSPS) is 16.1. The molecule has 0 fully saturated rings. The first-order chi connectivity index (χ1) is 11.8. The maximum atomic E-state index is 14.3. The van der Waals surface area contributed by atoms with Crippen LogP contribution in [0.1, 0.15) is 17.0 Å². The lowest BCUT2D eigenvalue weighted by Crippen LogP contribution is -2.22. The fraction of sp³-hybridized carbons (Fsp3) is 0.167. The molecule has 3 rings (SSSR count). The van der Waals surface area contributed by atoms with E-state index in [1.54, 1.807) is 18.2 Å². The van der Waals surface area contributed by atoms with Gasteiger partial charge in [-0.1, -0.05) is 12.1 Å². The molecule has 0 bridgehead atoms. The van der Waals surface area contributed by atoms with Crippen LogP contribution in [0.15, 0.2) is 41.8 Å². The Hall–Kier alpha value is -3.14. The lowest BCUT2D eigenvalue weighted by molar-refractivity contribution is 0.390. The summed E-state index contributed by atoms with van der Waals surface area (Å²) in [6.45, 7) is 0. The second kappa shape index (κ2) is 6.06.